The summed E-state index contributed by atoms with van der Waals surface area (Å²) >= 11 is 0. The lowest BCUT2D eigenvalue weighted by Crippen LogP contribution is -2.39. The first kappa shape index (κ1) is 36.1. The van der Waals surface area contributed by atoms with Gasteiger partial charge in [-0.25, -0.2) is 9.97 Å². The predicted molar refractivity (Wildman–Crippen MR) is 181 cm³/mol. The largest absolute Gasteiger partial charge is 0.487 e. The van der Waals surface area contributed by atoms with Gasteiger partial charge < -0.3 is 45.1 Å². The van der Waals surface area contributed by atoms with E-state index in [1.54, 1.807) is 44.6 Å². The summed E-state index contributed by atoms with van der Waals surface area (Å²) in [6, 6.07) is 16.2. The van der Waals surface area contributed by atoms with E-state index in [1.165, 1.54) is 6.33 Å². The summed E-state index contributed by atoms with van der Waals surface area (Å²) in [5.74, 6) is -1.24. The molecule has 256 valence electrons. The molecule has 0 spiro atoms. The van der Waals surface area contributed by atoms with E-state index < -0.39 is 36.2 Å². The summed E-state index contributed by atoms with van der Waals surface area (Å²) in [6.07, 6.45) is 6.62. The summed E-state index contributed by atoms with van der Waals surface area (Å²) in [5, 5.41) is 21.8. The van der Waals surface area contributed by atoms with Crippen molar-refractivity contribution in [3.05, 3.63) is 78.1 Å². The Kier molecular flexibility index (Phi) is 12.8. The second-order valence-electron chi connectivity index (χ2n) is 10.7. The van der Waals surface area contributed by atoms with E-state index in [0.29, 0.717) is 65.8 Å². The summed E-state index contributed by atoms with van der Waals surface area (Å²) < 4.78 is 22.3. The van der Waals surface area contributed by atoms with Crippen LogP contribution in [0.2, 0.25) is 0 Å². The number of hydrogen-bond acceptors (Lipinski definition) is 11. The Labute approximate surface area is 282 Å². The third-order valence-electron chi connectivity index (χ3n) is 7.33. The minimum Gasteiger partial charge on any atom is -0.487 e. The lowest BCUT2D eigenvalue weighted by Gasteiger charge is -2.26. The molecule has 5 N–H and O–H groups in total. The van der Waals surface area contributed by atoms with E-state index in [2.05, 4.69) is 21.2 Å². The van der Waals surface area contributed by atoms with Crippen LogP contribution in [-0.4, -0.2) is 84.7 Å². The number of carbonyl (C=O) groups is 3. The zero-order valence-corrected chi connectivity index (χ0v) is 27.0. The number of fused-ring (bicyclic) bond motifs is 1. The minimum atomic E-state index is -1.65. The van der Waals surface area contributed by atoms with Crippen LogP contribution >= 0.6 is 0 Å². The van der Waals surface area contributed by atoms with Gasteiger partial charge in [0, 0.05) is 49.2 Å². The highest BCUT2D eigenvalue weighted by Crippen LogP contribution is 2.38. The number of carboxylic acid groups (broad SMARTS) is 2. The lowest BCUT2D eigenvalue weighted by molar-refractivity contribution is -0.146. The summed E-state index contributed by atoms with van der Waals surface area (Å²) in [5.41, 5.74) is 8.60. The van der Waals surface area contributed by atoms with Crippen LogP contribution in [0, 0.1) is 18.3 Å². The molecular weight excluding hydrogens is 634 g/mol. The molecular formula is C35H37N5O9. The monoisotopic (exact) mass is 671 g/mol. The third kappa shape index (κ3) is 9.64. The Hall–Kier alpha value is -5.75. The van der Waals surface area contributed by atoms with Crippen LogP contribution in [-0.2, 0) is 30.4 Å². The van der Waals surface area contributed by atoms with Gasteiger partial charge in [0.25, 0.3) is 0 Å². The SMILES string of the molecule is C#Cc1cccc(N(Cc2ccc(NC(=O)C(C[C@H](N)C(=O)O)C(=O)O)cc2)c2ncnc3cc(OCCOC)c(OCCOC)cc23)c1. The van der Waals surface area contributed by atoms with E-state index in [-0.39, 0.29) is 6.61 Å². The quantitative estimate of drug-likeness (QED) is 0.0683. The van der Waals surface area contributed by atoms with E-state index >= 15 is 0 Å². The first-order valence-corrected chi connectivity index (χ1v) is 15.1. The normalized spacial score (nSPS) is 12.0. The number of anilines is 3. The fourth-order valence-electron chi connectivity index (χ4n) is 4.79. The van der Waals surface area contributed by atoms with Crippen molar-refractivity contribution in [3.8, 4) is 23.8 Å². The zero-order chi connectivity index (χ0) is 35.3. The molecule has 49 heavy (non-hydrogen) atoms. The van der Waals surface area contributed by atoms with E-state index in [4.69, 9.17) is 36.2 Å². The standard InChI is InChI=1S/C35H37N5O9/c1-4-22-6-5-7-25(16-22)40(20-23-8-10-24(11-9-23)39-33(41)27(34(42)43)17-28(36)35(44)45)32-26-18-30(48-14-12-46-2)31(49-15-13-47-3)19-29(26)37-21-38-32/h1,5-11,16,18-19,21,27-28H,12-15,17,20,36H2,2-3H3,(H,39,41)(H,42,43)(H,44,45)/t27?,28-/m0/s1. The maximum Gasteiger partial charge on any atom is 0.320 e. The van der Waals surface area contributed by atoms with Gasteiger partial charge in [-0.1, -0.05) is 24.1 Å². The third-order valence-corrected chi connectivity index (χ3v) is 7.33. The number of carboxylic acids is 2. The number of nitrogens with one attached hydrogen (secondary N) is 1. The first-order valence-electron chi connectivity index (χ1n) is 15.1. The number of rotatable bonds is 18. The van der Waals surface area contributed by atoms with Crippen molar-refractivity contribution in [2.24, 2.45) is 11.7 Å². The van der Waals surface area contributed by atoms with Gasteiger partial charge in [0.2, 0.25) is 5.91 Å². The molecule has 2 atom stereocenters. The molecule has 3 aromatic carbocycles. The molecule has 14 nitrogen and oxygen atoms in total. The molecule has 4 aromatic rings. The number of methoxy groups -OCH3 is 2. The number of terminal acetylenes is 1. The number of carbonyl (C=O) groups excluding carboxylic acids is 1. The van der Waals surface area contributed by atoms with Crippen molar-refractivity contribution in [3.63, 3.8) is 0 Å². The molecule has 0 saturated heterocycles. The van der Waals surface area contributed by atoms with Crippen LogP contribution in [0.3, 0.4) is 0 Å². The van der Waals surface area contributed by atoms with Crippen LogP contribution in [0.5, 0.6) is 11.5 Å². The average molecular weight is 672 g/mol. The maximum absolute atomic E-state index is 12.7. The molecule has 1 unspecified atom stereocenters. The van der Waals surface area contributed by atoms with Crippen LogP contribution < -0.4 is 25.4 Å². The molecule has 0 aliphatic carbocycles. The molecule has 0 aliphatic heterocycles. The zero-order valence-electron chi connectivity index (χ0n) is 27.0. The van der Waals surface area contributed by atoms with Crippen molar-refractivity contribution in [1.82, 2.24) is 9.97 Å². The highest BCUT2D eigenvalue weighted by Gasteiger charge is 2.31. The summed E-state index contributed by atoms with van der Waals surface area (Å²) in [7, 11) is 3.17. The molecule has 0 fully saturated rings. The molecule has 1 heterocycles. The Morgan fingerprint density at radius 1 is 0.918 bits per heavy atom. The second-order valence-corrected chi connectivity index (χ2v) is 10.7. The Bertz CT molecular complexity index is 1810. The molecule has 1 amide bonds. The van der Waals surface area contributed by atoms with Crippen LogP contribution in [0.25, 0.3) is 10.9 Å². The van der Waals surface area contributed by atoms with E-state index in [0.717, 1.165) is 11.3 Å². The van der Waals surface area contributed by atoms with Crippen LogP contribution in [0.15, 0.2) is 67.0 Å². The Balaban J connectivity index is 1.69. The van der Waals surface area contributed by atoms with Gasteiger partial charge in [0.1, 0.15) is 37.3 Å². The maximum atomic E-state index is 12.7. The van der Waals surface area contributed by atoms with Crippen molar-refractivity contribution >= 4 is 45.9 Å². The summed E-state index contributed by atoms with van der Waals surface area (Å²) in [6.45, 7) is 1.62. The first-order chi connectivity index (χ1) is 23.6. The minimum absolute atomic E-state index is 0.280. The Morgan fingerprint density at radius 3 is 2.20 bits per heavy atom. The molecule has 0 saturated carbocycles. The number of ether oxygens (including phenoxy) is 4. The second kappa shape index (κ2) is 17.4. The summed E-state index contributed by atoms with van der Waals surface area (Å²) in [4.78, 5) is 46.6. The number of hydrogen-bond donors (Lipinski definition) is 4. The highest BCUT2D eigenvalue weighted by molar-refractivity contribution is 6.04. The number of nitrogens with zero attached hydrogens (tertiary/aromatic N) is 3. The van der Waals surface area contributed by atoms with Gasteiger partial charge in [0.15, 0.2) is 11.5 Å². The van der Waals surface area contributed by atoms with Crippen molar-refractivity contribution < 1.29 is 43.5 Å². The van der Waals surface area contributed by atoms with Gasteiger partial charge in [0.05, 0.1) is 18.7 Å². The fourth-order valence-corrected chi connectivity index (χ4v) is 4.79. The highest BCUT2D eigenvalue weighted by atomic mass is 16.5. The molecule has 1 aromatic heterocycles. The lowest BCUT2D eigenvalue weighted by atomic mass is 9.99. The van der Waals surface area contributed by atoms with Crippen molar-refractivity contribution in [2.75, 3.05) is 50.9 Å². The topological polar surface area (TPSA) is 196 Å². The van der Waals surface area contributed by atoms with Crippen LogP contribution in [0.1, 0.15) is 17.5 Å². The van der Waals surface area contributed by atoms with Crippen molar-refractivity contribution in [2.45, 2.75) is 19.0 Å². The van der Waals surface area contributed by atoms with Crippen molar-refractivity contribution in [1.29, 1.82) is 0 Å². The van der Waals surface area contributed by atoms with Gasteiger partial charge in [-0.2, -0.15) is 0 Å². The van der Waals surface area contributed by atoms with Gasteiger partial charge in [-0.05, 0) is 48.4 Å². The number of amides is 1. The Morgan fingerprint density at radius 2 is 1.59 bits per heavy atom. The number of aliphatic carboxylic acids is 2. The van der Waals surface area contributed by atoms with Crippen LogP contribution in [0.4, 0.5) is 17.2 Å². The van der Waals surface area contributed by atoms with E-state index in [9.17, 15) is 19.5 Å². The van der Waals surface area contributed by atoms with Gasteiger partial charge in [-0.15, -0.1) is 6.42 Å². The fraction of sp³-hybridized carbons (Fsp3) is 0.286. The van der Waals surface area contributed by atoms with Gasteiger partial charge >= 0.3 is 11.9 Å². The van der Waals surface area contributed by atoms with Gasteiger partial charge in [-0.3, -0.25) is 14.4 Å². The number of nitrogens with two attached hydrogens (primary N) is 1. The molecule has 4 rings (SSSR count). The number of aromatic nitrogens is 2. The molecule has 0 aliphatic rings. The number of benzene rings is 3. The smallest absolute Gasteiger partial charge is 0.320 e. The predicted octanol–water partition coefficient (Wildman–Crippen LogP) is 3.44. The molecule has 0 bridgehead atoms. The average Bonchev–Trinajstić information content (AvgIpc) is 3.10. The molecule has 14 heteroatoms. The molecule has 0 radical (unpaired) electrons. The van der Waals surface area contributed by atoms with E-state index in [1.807, 2.05) is 35.2 Å².